The molecule has 1 heterocycles. The van der Waals surface area contributed by atoms with E-state index < -0.39 is 0 Å². The summed E-state index contributed by atoms with van der Waals surface area (Å²) in [6.45, 7) is 4.31. The zero-order chi connectivity index (χ0) is 10.1. The molecule has 1 aliphatic rings. The molecule has 3 nitrogen and oxygen atoms in total. The Morgan fingerprint density at radius 3 is 2.86 bits per heavy atom. The predicted octanol–water partition coefficient (Wildman–Crippen LogP) is 2.09. The third kappa shape index (κ3) is 1.69. The van der Waals surface area contributed by atoms with Crippen LogP contribution < -0.4 is 0 Å². The van der Waals surface area contributed by atoms with Gasteiger partial charge in [0.05, 0.1) is 6.10 Å². The van der Waals surface area contributed by atoms with E-state index in [1.807, 2.05) is 12.4 Å². The second-order valence-electron chi connectivity index (χ2n) is 4.47. The lowest BCUT2D eigenvalue weighted by molar-refractivity contribution is 0.177. The summed E-state index contributed by atoms with van der Waals surface area (Å²) in [5, 5.41) is 9.49. The summed E-state index contributed by atoms with van der Waals surface area (Å²) in [5.74, 6) is 1.60. The number of nitrogens with zero attached hydrogens (tertiary/aromatic N) is 2. The van der Waals surface area contributed by atoms with Crippen LogP contribution in [0.3, 0.4) is 0 Å². The van der Waals surface area contributed by atoms with Gasteiger partial charge >= 0.3 is 0 Å². The molecule has 2 atom stereocenters. The number of aliphatic hydroxyl groups excluding tert-OH is 1. The minimum absolute atomic E-state index is 0.109. The molecule has 1 aliphatic carbocycles. The minimum Gasteiger partial charge on any atom is -0.393 e. The summed E-state index contributed by atoms with van der Waals surface area (Å²) in [5.41, 5.74) is 0. The molecule has 2 rings (SSSR count). The molecular formula is C11H18N2O. The number of hydrogen-bond donors (Lipinski definition) is 1. The largest absolute Gasteiger partial charge is 0.393 e. The first kappa shape index (κ1) is 9.71. The molecule has 0 radical (unpaired) electrons. The quantitative estimate of drug-likeness (QED) is 0.782. The second kappa shape index (κ2) is 3.73. The molecule has 0 spiro atoms. The van der Waals surface area contributed by atoms with E-state index in [0.29, 0.717) is 12.0 Å². The zero-order valence-electron chi connectivity index (χ0n) is 8.85. The molecule has 78 valence electrons. The highest BCUT2D eigenvalue weighted by molar-refractivity contribution is 5.01. The molecule has 0 amide bonds. The number of hydrogen-bond acceptors (Lipinski definition) is 2. The third-order valence-electron chi connectivity index (χ3n) is 2.99. The highest BCUT2D eigenvalue weighted by atomic mass is 16.3. The molecule has 0 saturated heterocycles. The maximum Gasteiger partial charge on any atom is 0.111 e. The van der Waals surface area contributed by atoms with Crippen molar-refractivity contribution in [3.05, 3.63) is 18.2 Å². The van der Waals surface area contributed by atoms with E-state index in [9.17, 15) is 5.11 Å². The van der Waals surface area contributed by atoms with Gasteiger partial charge in [-0.1, -0.05) is 13.8 Å². The normalized spacial score (nSPS) is 27.4. The van der Waals surface area contributed by atoms with Crippen LogP contribution in [0.1, 0.15) is 50.9 Å². The molecule has 0 bridgehead atoms. The Labute approximate surface area is 84.8 Å². The van der Waals surface area contributed by atoms with Crippen molar-refractivity contribution < 1.29 is 5.11 Å². The lowest BCUT2D eigenvalue weighted by Gasteiger charge is -2.16. The van der Waals surface area contributed by atoms with Crippen molar-refractivity contribution in [3.63, 3.8) is 0 Å². The molecule has 0 aliphatic heterocycles. The van der Waals surface area contributed by atoms with Gasteiger partial charge in [0, 0.05) is 24.4 Å². The first-order chi connectivity index (χ1) is 6.68. The molecule has 1 aromatic heterocycles. The summed E-state index contributed by atoms with van der Waals surface area (Å²) in [7, 11) is 0. The first-order valence-corrected chi connectivity index (χ1v) is 5.39. The summed E-state index contributed by atoms with van der Waals surface area (Å²) >= 11 is 0. The summed E-state index contributed by atoms with van der Waals surface area (Å²) in [6.07, 6.45) is 6.69. The van der Waals surface area contributed by atoms with Gasteiger partial charge < -0.3 is 9.67 Å². The van der Waals surface area contributed by atoms with E-state index in [4.69, 9.17) is 0 Å². The Bertz CT molecular complexity index is 306. The fourth-order valence-electron chi connectivity index (χ4n) is 2.27. The van der Waals surface area contributed by atoms with Crippen molar-refractivity contribution in [2.75, 3.05) is 0 Å². The van der Waals surface area contributed by atoms with Crippen molar-refractivity contribution in [2.45, 2.75) is 51.2 Å². The van der Waals surface area contributed by atoms with E-state index in [1.165, 1.54) is 0 Å². The standard InChI is InChI=1S/C11H18N2O/c1-8(2)11-12-5-6-13(11)9-3-4-10(14)7-9/h5-6,8-10,14H,3-4,7H2,1-2H3. The van der Waals surface area contributed by atoms with Gasteiger partial charge in [0.15, 0.2) is 0 Å². The number of rotatable bonds is 2. The molecular weight excluding hydrogens is 176 g/mol. The fourth-order valence-corrected chi connectivity index (χ4v) is 2.27. The van der Waals surface area contributed by atoms with Gasteiger partial charge in [-0.05, 0) is 19.3 Å². The highest BCUT2D eigenvalue weighted by Crippen LogP contribution is 2.31. The average Bonchev–Trinajstić information content (AvgIpc) is 2.70. The summed E-state index contributed by atoms with van der Waals surface area (Å²) < 4.78 is 2.24. The second-order valence-corrected chi connectivity index (χ2v) is 4.47. The molecule has 1 aromatic rings. The smallest absolute Gasteiger partial charge is 0.111 e. The van der Waals surface area contributed by atoms with Crippen LogP contribution in [0.15, 0.2) is 12.4 Å². The van der Waals surface area contributed by atoms with Crippen LogP contribution in [0.5, 0.6) is 0 Å². The molecule has 1 N–H and O–H groups in total. The number of imidazole rings is 1. The van der Waals surface area contributed by atoms with Crippen molar-refractivity contribution in [2.24, 2.45) is 0 Å². The van der Waals surface area contributed by atoms with Crippen LogP contribution in [0, 0.1) is 0 Å². The van der Waals surface area contributed by atoms with Gasteiger partial charge in [0.1, 0.15) is 5.82 Å². The average molecular weight is 194 g/mol. The van der Waals surface area contributed by atoms with Crippen molar-refractivity contribution in [1.82, 2.24) is 9.55 Å². The topological polar surface area (TPSA) is 38.0 Å². The van der Waals surface area contributed by atoms with Gasteiger partial charge in [0.25, 0.3) is 0 Å². The van der Waals surface area contributed by atoms with E-state index in [-0.39, 0.29) is 6.10 Å². The van der Waals surface area contributed by atoms with Crippen LogP contribution in [0.25, 0.3) is 0 Å². The maximum absolute atomic E-state index is 9.49. The Balaban J connectivity index is 2.19. The first-order valence-electron chi connectivity index (χ1n) is 5.39. The summed E-state index contributed by atoms with van der Waals surface area (Å²) in [4.78, 5) is 4.37. The van der Waals surface area contributed by atoms with Gasteiger partial charge in [0.2, 0.25) is 0 Å². The molecule has 14 heavy (non-hydrogen) atoms. The lowest BCUT2D eigenvalue weighted by Crippen LogP contribution is -2.11. The number of aliphatic hydroxyl groups is 1. The van der Waals surface area contributed by atoms with E-state index in [1.54, 1.807) is 0 Å². The van der Waals surface area contributed by atoms with Crippen LogP contribution >= 0.6 is 0 Å². The fraction of sp³-hybridized carbons (Fsp3) is 0.727. The predicted molar refractivity (Wildman–Crippen MR) is 55.2 cm³/mol. The number of aromatic nitrogens is 2. The van der Waals surface area contributed by atoms with E-state index in [0.717, 1.165) is 25.1 Å². The Morgan fingerprint density at radius 1 is 1.50 bits per heavy atom. The van der Waals surface area contributed by atoms with Crippen LogP contribution in [0.4, 0.5) is 0 Å². The summed E-state index contributed by atoms with van der Waals surface area (Å²) in [6, 6.07) is 0.463. The molecule has 3 heteroatoms. The monoisotopic (exact) mass is 194 g/mol. The third-order valence-corrected chi connectivity index (χ3v) is 2.99. The Morgan fingerprint density at radius 2 is 2.29 bits per heavy atom. The molecule has 1 fully saturated rings. The molecule has 2 unspecified atom stereocenters. The lowest BCUT2D eigenvalue weighted by atomic mass is 10.2. The SMILES string of the molecule is CC(C)c1nccn1C1CCC(O)C1. The van der Waals surface area contributed by atoms with Crippen molar-refractivity contribution >= 4 is 0 Å². The van der Waals surface area contributed by atoms with Crippen LogP contribution in [0.2, 0.25) is 0 Å². The van der Waals surface area contributed by atoms with Gasteiger partial charge in [-0.2, -0.15) is 0 Å². The van der Waals surface area contributed by atoms with E-state index >= 15 is 0 Å². The zero-order valence-corrected chi connectivity index (χ0v) is 8.85. The van der Waals surface area contributed by atoms with Crippen molar-refractivity contribution in [3.8, 4) is 0 Å². The molecule has 1 saturated carbocycles. The van der Waals surface area contributed by atoms with Crippen LogP contribution in [-0.2, 0) is 0 Å². The van der Waals surface area contributed by atoms with E-state index in [2.05, 4.69) is 23.4 Å². The van der Waals surface area contributed by atoms with Gasteiger partial charge in [-0.15, -0.1) is 0 Å². The highest BCUT2D eigenvalue weighted by Gasteiger charge is 2.25. The van der Waals surface area contributed by atoms with Crippen LogP contribution in [-0.4, -0.2) is 20.8 Å². The Kier molecular flexibility index (Phi) is 2.59. The minimum atomic E-state index is -0.109. The molecule has 0 aromatic carbocycles. The van der Waals surface area contributed by atoms with Gasteiger partial charge in [-0.3, -0.25) is 0 Å². The van der Waals surface area contributed by atoms with Gasteiger partial charge in [-0.25, -0.2) is 4.98 Å². The Hall–Kier alpha value is -0.830. The van der Waals surface area contributed by atoms with Crippen molar-refractivity contribution in [1.29, 1.82) is 0 Å². The maximum atomic E-state index is 9.49.